The van der Waals surface area contributed by atoms with Crippen molar-refractivity contribution in [3.8, 4) is 0 Å². The van der Waals surface area contributed by atoms with Gasteiger partial charge in [0.1, 0.15) is 11.6 Å². The fraction of sp³-hybridized carbons (Fsp3) is 0.714. The minimum atomic E-state index is 0.663. The molecule has 0 radical (unpaired) electrons. The van der Waals surface area contributed by atoms with Gasteiger partial charge in [0.25, 0.3) is 0 Å². The lowest BCUT2D eigenvalue weighted by molar-refractivity contribution is 0.688. The molecule has 100 valence electrons. The summed E-state index contributed by atoms with van der Waals surface area (Å²) in [4.78, 5) is 9.35. The van der Waals surface area contributed by atoms with Crippen molar-refractivity contribution >= 4 is 17.6 Å². The molecule has 1 heterocycles. The molecule has 18 heavy (non-hydrogen) atoms. The first-order valence-corrected chi connectivity index (χ1v) is 8.18. The number of rotatable bonds is 6. The molecule has 1 aliphatic rings. The highest BCUT2D eigenvalue weighted by atomic mass is 32.2. The number of nitrogens with one attached hydrogen (secondary N) is 1. The topological polar surface area (TPSA) is 37.8 Å². The maximum absolute atomic E-state index is 4.76. The Balaban J connectivity index is 2.17. The smallest absolute Gasteiger partial charge is 0.140 e. The number of nitrogens with zero attached hydrogens (tertiary/aromatic N) is 2. The molecule has 0 aliphatic heterocycles. The average molecular weight is 265 g/mol. The molecule has 1 N–H and O–H groups in total. The Kier molecular flexibility index (Phi) is 5.29. The highest BCUT2D eigenvalue weighted by Gasteiger charge is 2.19. The molecule has 0 bridgehead atoms. The third kappa shape index (κ3) is 3.61. The third-order valence-electron chi connectivity index (χ3n) is 3.36. The molecule has 1 saturated carbocycles. The lowest BCUT2D eigenvalue weighted by atomic mass is 10.0. The number of thioether (sulfide) groups is 1. The van der Waals surface area contributed by atoms with Crippen molar-refractivity contribution in [3.63, 3.8) is 0 Å². The van der Waals surface area contributed by atoms with Crippen molar-refractivity contribution < 1.29 is 0 Å². The van der Waals surface area contributed by atoms with Crippen LogP contribution in [0.25, 0.3) is 0 Å². The van der Waals surface area contributed by atoms with Crippen molar-refractivity contribution in [3.05, 3.63) is 17.6 Å². The van der Waals surface area contributed by atoms with Crippen molar-refractivity contribution in [2.45, 2.75) is 51.2 Å². The summed E-state index contributed by atoms with van der Waals surface area (Å²) < 4.78 is 0. The summed E-state index contributed by atoms with van der Waals surface area (Å²) in [6.07, 6.45) is 5.29. The van der Waals surface area contributed by atoms with Crippen LogP contribution in [0, 0.1) is 0 Å². The van der Waals surface area contributed by atoms with E-state index >= 15 is 0 Å². The summed E-state index contributed by atoms with van der Waals surface area (Å²) in [5.41, 5.74) is 1.25. The van der Waals surface area contributed by atoms with Gasteiger partial charge in [-0.15, -0.1) is 0 Å². The Labute approximate surface area is 114 Å². The largest absolute Gasteiger partial charge is 0.370 e. The molecule has 0 spiro atoms. The number of anilines is 1. The zero-order valence-electron chi connectivity index (χ0n) is 11.4. The minimum absolute atomic E-state index is 0.663. The van der Waals surface area contributed by atoms with Gasteiger partial charge in [0, 0.05) is 24.2 Å². The Hall–Kier alpha value is -0.770. The molecule has 1 fully saturated rings. The van der Waals surface area contributed by atoms with E-state index in [1.165, 1.54) is 31.4 Å². The van der Waals surface area contributed by atoms with Gasteiger partial charge < -0.3 is 5.32 Å². The zero-order chi connectivity index (χ0) is 12.8. The molecule has 0 atom stereocenters. The lowest BCUT2D eigenvalue weighted by Crippen LogP contribution is -2.07. The average Bonchev–Trinajstić information content (AvgIpc) is 2.90. The van der Waals surface area contributed by atoms with Crippen molar-refractivity contribution in [1.29, 1.82) is 0 Å². The second kappa shape index (κ2) is 6.98. The van der Waals surface area contributed by atoms with Gasteiger partial charge in [-0.1, -0.05) is 19.8 Å². The van der Waals surface area contributed by atoms with Gasteiger partial charge in [-0.05, 0) is 25.5 Å². The Morgan fingerprint density at radius 3 is 2.72 bits per heavy atom. The summed E-state index contributed by atoms with van der Waals surface area (Å²) >= 11 is 1.89. The molecule has 0 unspecified atom stereocenters. The summed E-state index contributed by atoms with van der Waals surface area (Å²) in [5.74, 6) is 4.70. The Morgan fingerprint density at radius 2 is 2.06 bits per heavy atom. The molecule has 3 nitrogen and oxygen atoms in total. The molecule has 0 amide bonds. The standard InChI is InChI=1S/C14H23N3S/c1-3-15-13-9-12(11-7-5-6-8-11)16-14(17-13)10-18-4-2/h9,11H,3-8,10H2,1-2H3,(H,15,16,17). The summed E-state index contributed by atoms with van der Waals surface area (Å²) in [5, 5.41) is 3.33. The molecule has 0 aromatic carbocycles. The first-order valence-electron chi connectivity index (χ1n) is 7.03. The van der Waals surface area contributed by atoms with Gasteiger partial charge >= 0.3 is 0 Å². The van der Waals surface area contributed by atoms with Crippen LogP contribution in [0.5, 0.6) is 0 Å². The normalized spacial score (nSPS) is 16.1. The van der Waals surface area contributed by atoms with E-state index in [9.17, 15) is 0 Å². The van der Waals surface area contributed by atoms with Crippen LogP contribution in [0.2, 0.25) is 0 Å². The van der Waals surface area contributed by atoms with Crippen LogP contribution in [-0.4, -0.2) is 22.3 Å². The second-order valence-electron chi connectivity index (χ2n) is 4.74. The van der Waals surface area contributed by atoms with Gasteiger partial charge in [-0.2, -0.15) is 11.8 Å². The van der Waals surface area contributed by atoms with E-state index in [1.54, 1.807) is 0 Å². The Bertz CT molecular complexity index is 375. The third-order valence-corrected chi connectivity index (χ3v) is 4.23. The number of aromatic nitrogens is 2. The van der Waals surface area contributed by atoms with Crippen molar-refractivity contribution in [2.75, 3.05) is 17.6 Å². The number of hydrogen-bond acceptors (Lipinski definition) is 4. The van der Waals surface area contributed by atoms with Gasteiger partial charge in [0.05, 0.1) is 5.75 Å². The first kappa shape index (κ1) is 13.7. The quantitative estimate of drug-likeness (QED) is 0.848. The summed E-state index contributed by atoms with van der Waals surface area (Å²) in [6, 6.07) is 2.15. The van der Waals surface area contributed by atoms with Crippen LogP contribution in [0.15, 0.2) is 6.07 Å². The Morgan fingerprint density at radius 1 is 1.28 bits per heavy atom. The molecule has 1 aromatic rings. The van der Waals surface area contributed by atoms with Gasteiger partial charge in [-0.25, -0.2) is 9.97 Å². The highest BCUT2D eigenvalue weighted by Crippen LogP contribution is 2.33. The summed E-state index contributed by atoms with van der Waals surface area (Å²) in [6.45, 7) is 5.20. The van der Waals surface area contributed by atoms with Gasteiger partial charge in [-0.3, -0.25) is 0 Å². The van der Waals surface area contributed by atoms with E-state index in [-0.39, 0.29) is 0 Å². The maximum atomic E-state index is 4.76. The fourth-order valence-corrected chi connectivity index (χ4v) is 2.99. The van der Waals surface area contributed by atoms with Crippen molar-refractivity contribution in [2.24, 2.45) is 0 Å². The molecule has 1 aliphatic carbocycles. The van der Waals surface area contributed by atoms with Crippen LogP contribution in [-0.2, 0) is 5.75 Å². The zero-order valence-corrected chi connectivity index (χ0v) is 12.2. The first-order chi connectivity index (χ1) is 8.83. The van der Waals surface area contributed by atoms with E-state index in [0.29, 0.717) is 5.92 Å². The molecule has 1 aromatic heterocycles. The minimum Gasteiger partial charge on any atom is -0.370 e. The van der Waals surface area contributed by atoms with Gasteiger partial charge in [0.2, 0.25) is 0 Å². The van der Waals surface area contributed by atoms with Gasteiger partial charge in [0.15, 0.2) is 0 Å². The second-order valence-corrected chi connectivity index (χ2v) is 6.02. The molecule has 2 rings (SSSR count). The maximum Gasteiger partial charge on any atom is 0.140 e. The fourth-order valence-electron chi connectivity index (χ4n) is 2.48. The van der Waals surface area contributed by atoms with Crippen LogP contribution in [0.4, 0.5) is 5.82 Å². The van der Waals surface area contributed by atoms with Crippen LogP contribution >= 0.6 is 11.8 Å². The van der Waals surface area contributed by atoms with Crippen LogP contribution < -0.4 is 5.32 Å². The molecule has 0 saturated heterocycles. The summed E-state index contributed by atoms with van der Waals surface area (Å²) in [7, 11) is 0. The van der Waals surface area contributed by atoms with Crippen LogP contribution in [0.3, 0.4) is 0 Å². The predicted octanol–water partition coefficient (Wildman–Crippen LogP) is 3.82. The highest BCUT2D eigenvalue weighted by molar-refractivity contribution is 7.98. The van der Waals surface area contributed by atoms with E-state index < -0.39 is 0 Å². The number of hydrogen-bond donors (Lipinski definition) is 1. The molecular weight excluding hydrogens is 242 g/mol. The lowest BCUT2D eigenvalue weighted by Gasteiger charge is -2.12. The molecular formula is C14H23N3S. The predicted molar refractivity (Wildman–Crippen MR) is 79.2 cm³/mol. The van der Waals surface area contributed by atoms with E-state index in [4.69, 9.17) is 4.98 Å². The molecule has 4 heteroatoms. The van der Waals surface area contributed by atoms with E-state index in [1.807, 2.05) is 11.8 Å². The van der Waals surface area contributed by atoms with Crippen LogP contribution in [0.1, 0.15) is 57.0 Å². The SMILES string of the molecule is CCNc1cc(C2CCCC2)nc(CSCC)n1. The van der Waals surface area contributed by atoms with E-state index in [2.05, 4.69) is 30.2 Å². The monoisotopic (exact) mass is 265 g/mol. The van der Waals surface area contributed by atoms with Crippen molar-refractivity contribution in [1.82, 2.24) is 9.97 Å². The van der Waals surface area contributed by atoms with E-state index in [0.717, 1.165) is 29.7 Å².